The van der Waals surface area contributed by atoms with Crippen molar-refractivity contribution in [2.24, 2.45) is 0 Å². The van der Waals surface area contributed by atoms with Crippen molar-refractivity contribution in [1.29, 1.82) is 0 Å². The average Bonchev–Trinajstić information content (AvgIpc) is 3.31. The molecule has 0 unspecified atom stereocenters. The van der Waals surface area contributed by atoms with Crippen molar-refractivity contribution < 1.29 is 28.3 Å². The fourth-order valence-electron chi connectivity index (χ4n) is 2.96. The second kappa shape index (κ2) is 10.3. The van der Waals surface area contributed by atoms with Gasteiger partial charge in [0.05, 0.1) is 21.3 Å². The van der Waals surface area contributed by atoms with Crippen molar-refractivity contribution in [2.75, 3.05) is 34.4 Å². The smallest absolute Gasteiger partial charge is 0.316 e. The van der Waals surface area contributed by atoms with E-state index < -0.39 is 5.91 Å². The van der Waals surface area contributed by atoms with Gasteiger partial charge in [-0.05, 0) is 25.1 Å². The van der Waals surface area contributed by atoms with Gasteiger partial charge < -0.3 is 29.4 Å². The lowest BCUT2D eigenvalue weighted by Gasteiger charge is -2.14. The summed E-state index contributed by atoms with van der Waals surface area (Å²) < 4.78 is 20.8. The van der Waals surface area contributed by atoms with Crippen LogP contribution in [0, 0.1) is 6.92 Å². The molecule has 0 aliphatic heterocycles. The number of carbonyl (C=O) groups excluding carboxylic acids is 2. The van der Waals surface area contributed by atoms with E-state index in [2.05, 4.69) is 20.8 Å². The lowest BCUT2D eigenvalue weighted by atomic mass is 10.1. The number of aromatic nitrogens is 2. The van der Waals surface area contributed by atoms with E-state index in [1.165, 1.54) is 21.3 Å². The Hall–Kier alpha value is -4.08. The lowest BCUT2D eigenvalue weighted by Crippen LogP contribution is -2.34. The normalized spacial score (nSPS) is 10.4. The van der Waals surface area contributed by atoms with Crippen LogP contribution in [0.4, 0.5) is 0 Å². The van der Waals surface area contributed by atoms with Crippen molar-refractivity contribution in [3.8, 4) is 28.6 Å². The van der Waals surface area contributed by atoms with Gasteiger partial charge in [0.15, 0.2) is 11.5 Å². The summed E-state index contributed by atoms with van der Waals surface area (Å²) >= 11 is 0. The van der Waals surface area contributed by atoms with Crippen molar-refractivity contribution in [3.63, 3.8) is 0 Å². The molecule has 0 saturated heterocycles. The minimum absolute atomic E-state index is 0.155. The summed E-state index contributed by atoms with van der Waals surface area (Å²) in [5.41, 5.74) is 2.12. The number of carbonyl (C=O) groups is 2. The van der Waals surface area contributed by atoms with Crippen LogP contribution in [0.2, 0.25) is 0 Å². The molecule has 0 fully saturated rings. The first kappa shape index (κ1) is 22.6. The molecule has 1 aromatic heterocycles. The molecule has 3 aromatic rings. The fraction of sp³-hybridized carbons (Fsp3) is 0.273. The number of hydrogen-bond donors (Lipinski definition) is 2. The van der Waals surface area contributed by atoms with E-state index in [9.17, 15) is 9.59 Å². The van der Waals surface area contributed by atoms with E-state index in [-0.39, 0.29) is 24.9 Å². The highest BCUT2D eigenvalue weighted by Crippen LogP contribution is 2.38. The van der Waals surface area contributed by atoms with Gasteiger partial charge in [-0.25, -0.2) is 0 Å². The molecule has 0 bridgehead atoms. The maximum Gasteiger partial charge on any atom is 0.316 e. The van der Waals surface area contributed by atoms with Gasteiger partial charge in [-0.1, -0.05) is 28.9 Å². The van der Waals surface area contributed by atoms with Gasteiger partial charge in [0.2, 0.25) is 11.6 Å². The molecule has 3 rings (SSSR count). The molecule has 32 heavy (non-hydrogen) atoms. The Balaban J connectivity index is 1.54. The van der Waals surface area contributed by atoms with Gasteiger partial charge in [-0.15, -0.1) is 0 Å². The molecule has 0 spiro atoms. The van der Waals surface area contributed by atoms with Crippen LogP contribution in [0.5, 0.6) is 17.2 Å². The standard InChI is InChI=1S/C22H24N4O6/c1-13-6-5-7-14(10-13)19-25-22(32-26-19)21(28)24-9-8-23-20(27)15-11-16(29-2)18(31-4)17(12-15)30-3/h5-7,10-12H,8-9H2,1-4H3,(H,23,27)(H,24,28). The number of nitrogens with zero attached hydrogens (tertiary/aromatic N) is 2. The van der Waals surface area contributed by atoms with Crippen molar-refractivity contribution in [1.82, 2.24) is 20.8 Å². The molecular weight excluding hydrogens is 416 g/mol. The van der Waals surface area contributed by atoms with Crippen LogP contribution in [0.15, 0.2) is 40.9 Å². The van der Waals surface area contributed by atoms with Crippen LogP contribution in [0.25, 0.3) is 11.4 Å². The average molecular weight is 440 g/mol. The highest BCUT2D eigenvalue weighted by atomic mass is 16.5. The quantitative estimate of drug-likeness (QED) is 0.486. The second-order valence-electron chi connectivity index (χ2n) is 6.72. The highest BCUT2D eigenvalue weighted by Gasteiger charge is 2.18. The number of methoxy groups -OCH3 is 3. The first-order chi connectivity index (χ1) is 15.5. The third-order valence-corrected chi connectivity index (χ3v) is 4.52. The minimum Gasteiger partial charge on any atom is -0.493 e. The lowest BCUT2D eigenvalue weighted by molar-refractivity contribution is 0.0898. The predicted octanol–water partition coefficient (Wildman–Crippen LogP) is 2.23. The summed E-state index contributed by atoms with van der Waals surface area (Å²) in [7, 11) is 4.42. The second-order valence-corrected chi connectivity index (χ2v) is 6.72. The van der Waals surface area contributed by atoms with Crippen molar-refractivity contribution in [3.05, 3.63) is 53.4 Å². The van der Waals surface area contributed by atoms with Gasteiger partial charge in [-0.2, -0.15) is 4.98 Å². The van der Waals surface area contributed by atoms with E-state index >= 15 is 0 Å². The molecule has 2 amide bonds. The van der Waals surface area contributed by atoms with E-state index in [0.717, 1.165) is 11.1 Å². The molecule has 2 N–H and O–H groups in total. The zero-order chi connectivity index (χ0) is 23.1. The Morgan fingerprint density at radius 1 is 0.938 bits per heavy atom. The SMILES string of the molecule is COc1cc(C(=O)NCCNC(=O)c2nc(-c3cccc(C)c3)no2)cc(OC)c1OC. The Morgan fingerprint density at radius 3 is 2.19 bits per heavy atom. The Kier molecular flexibility index (Phi) is 7.27. The molecule has 0 radical (unpaired) electrons. The molecule has 1 heterocycles. The van der Waals surface area contributed by atoms with Crippen LogP contribution in [-0.2, 0) is 0 Å². The number of rotatable bonds is 9. The topological polar surface area (TPSA) is 125 Å². The summed E-state index contributed by atoms with van der Waals surface area (Å²) in [4.78, 5) is 28.8. The van der Waals surface area contributed by atoms with Crippen LogP contribution >= 0.6 is 0 Å². The molecule has 168 valence electrons. The Bertz CT molecular complexity index is 1090. The summed E-state index contributed by atoms with van der Waals surface area (Å²) in [6.45, 7) is 2.29. The maximum absolute atomic E-state index is 12.5. The monoisotopic (exact) mass is 440 g/mol. The van der Waals surface area contributed by atoms with Gasteiger partial charge in [0, 0.05) is 24.2 Å². The van der Waals surface area contributed by atoms with Gasteiger partial charge >= 0.3 is 11.8 Å². The first-order valence-corrected chi connectivity index (χ1v) is 9.74. The van der Waals surface area contributed by atoms with E-state index in [1.54, 1.807) is 12.1 Å². The van der Waals surface area contributed by atoms with Crippen LogP contribution in [0.1, 0.15) is 26.6 Å². The zero-order valence-electron chi connectivity index (χ0n) is 18.2. The van der Waals surface area contributed by atoms with Crippen LogP contribution in [0.3, 0.4) is 0 Å². The van der Waals surface area contributed by atoms with E-state index in [0.29, 0.717) is 28.6 Å². The molecule has 0 atom stereocenters. The Morgan fingerprint density at radius 2 is 1.59 bits per heavy atom. The first-order valence-electron chi connectivity index (χ1n) is 9.74. The molecule has 0 aliphatic rings. The fourth-order valence-corrected chi connectivity index (χ4v) is 2.96. The number of amides is 2. The third-order valence-electron chi connectivity index (χ3n) is 4.52. The number of nitrogens with one attached hydrogen (secondary N) is 2. The van der Waals surface area contributed by atoms with Crippen LogP contribution < -0.4 is 24.8 Å². The summed E-state index contributed by atoms with van der Waals surface area (Å²) in [5.74, 6) is 0.407. The van der Waals surface area contributed by atoms with E-state index in [4.69, 9.17) is 18.7 Å². The summed E-state index contributed by atoms with van der Waals surface area (Å²) in [5, 5.41) is 9.18. The van der Waals surface area contributed by atoms with Gasteiger partial charge in [-0.3, -0.25) is 9.59 Å². The largest absolute Gasteiger partial charge is 0.493 e. The summed E-state index contributed by atoms with van der Waals surface area (Å²) in [6, 6.07) is 10.6. The predicted molar refractivity (Wildman–Crippen MR) is 115 cm³/mol. The number of ether oxygens (including phenoxy) is 3. The molecule has 10 nitrogen and oxygen atoms in total. The van der Waals surface area contributed by atoms with Gasteiger partial charge in [0.25, 0.3) is 5.91 Å². The number of benzene rings is 2. The molecule has 0 aliphatic carbocycles. The molecule has 2 aromatic carbocycles. The zero-order valence-corrected chi connectivity index (χ0v) is 18.2. The minimum atomic E-state index is -0.529. The maximum atomic E-state index is 12.5. The number of aryl methyl sites for hydroxylation is 1. The molecule has 10 heteroatoms. The highest BCUT2D eigenvalue weighted by molar-refractivity contribution is 5.95. The van der Waals surface area contributed by atoms with Crippen molar-refractivity contribution in [2.45, 2.75) is 6.92 Å². The summed E-state index contributed by atoms with van der Waals surface area (Å²) in [6.07, 6.45) is 0. The third kappa shape index (κ3) is 5.15. The Labute approximate surface area is 184 Å². The molecule has 0 saturated carbocycles. The van der Waals surface area contributed by atoms with Crippen molar-refractivity contribution >= 4 is 11.8 Å². The van der Waals surface area contributed by atoms with E-state index in [1.807, 2.05) is 31.2 Å². The van der Waals surface area contributed by atoms with Crippen LogP contribution in [-0.4, -0.2) is 56.4 Å². The molecular formula is C22H24N4O6. The number of hydrogen-bond acceptors (Lipinski definition) is 8. The van der Waals surface area contributed by atoms with Gasteiger partial charge in [0.1, 0.15) is 0 Å².